The number of benzene rings is 2. The van der Waals surface area contributed by atoms with E-state index in [1.807, 2.05) is 48.7 Å². The summed E-state index contributed by atoms with van der Waals surface area (Å²) in [6.07, 6.45) is 1.90. The van der Waals surface area contributed by atoms with Gasteiger partial charge in [0, 0.05) is 34.8 Å². The number of nitrogens with zero attached hydrogens (tertiary/aromatic N) is 2. The zero-order chi connectivity index (χ0) is 16.5. The zero-order valence-corrected chi connectivity index (χ0v) is 12.8. The smallest absolute Gasteiger partial charge is 0.223 e. The number of hydrogen-bond donors (Lipinski definition) is 0. The fourth-order valence-electron chi connectivity index (χ4n) is 2.99. The summed E-state index contributed by atoms with van der Waals surface area (Å²) in [5.74, 6) is -1.61. The minimum absolute atomic E-state index is 0.305. The SMILES string of the molecule is Fc1ccc(-c2cn(Cc3ccccc3)c3ccccc23)c(F)n1. The third-order valence-electron chi connectivity index (χ3n) is 4.09. The van der Waals surface area contributed by atoms with Gasteiger partial charge in [0.25, 0.3) is 0 Å². The highest BCUT2D eigenvalue weighted by Crippen LogP contribution is 2.32. The Labute approximate surface area is 138 Å². The summed E-state index contributed by atoms with van der Waals surface area (Å²) >= 11 is 0. The fraction of sp³-hybridized carbons (Fsp3) is 0.0500. The summed E-state index contributed by atoms with van der Waals surface area (Å²) < 4.78 is 29.3. The highest BCUT2D eigenvalue weighted by molar-refractivity contribution is 5.96. The number of hydrogen-bond acceptors (Lipinski definition) is 1. The van der Waals surface area contributed by atoms with Crippen LogP contribution in [0, 0.1) is 11.9 Å². The molecule has 0 atom stereocenters. The van der Waals surface area contributed by atoms with Crippen LogP contribution in [0.2, 0.25) is 0 Å². The van der Waals surface area contributed by atoms with E-state index in [0.29, 0.717) is 17.7 Å². The maximum absolute atomic E-state index is 14.1. The second kappa shape index (κ2) is 5.89. The van der Waals surface area contributed by atoms with E-state index in [-0.39, 0.29) is 0 Å². The third-order valence-corrected chi connectivity index (χ3v) is 4.09. The number of para-hydroxylation sites is 1. The summed E-state index contributed by atoms with van der Waals surface area (Å²) in [6, 6.07) is 20.5. The van der Waals surface area contributed by atoms with Crippen LogP contribution in [-0.2, 0) is 6.54 Å². The Morgan fingerprint density at radius 1 is 0.792 bits per heavy atom. The second-order valence-electron chi connectivity index (χ2n) is 5.65. The molecular weight excluding hydrogens is 306 g/mol. The molecule has 0 fully saturated rings. The minimum Gasteiger partial charge on any atom is -0.342 e. The molecular formula is C20H14F2N2. The van der Waals surface area contributed by atoms with Crippen molar-refractivity contribution in [3.05, 3.63) is 90.4 Å². The number of halogens is 2. The molecule has 0 saturated carbocycles. The second-order valence-corrected chi connectivity index (χ2v) is 5.65. The maximum Gasteiger partial charge on any atom is 0.223 e. The van der Waals surface area contributed by atoms with Crippen molar-refractivity contribution in [2.45, 2.75) is 6.54 Å². The van der Waals surface area contributed by atoms with E-state index in [0.717, 1.165) is 16.5 Å². The van der Waals surface area contributed by atoms with E-state index in [2.05, 4.69) is 21.7 Å². The van der Waals surface area contributed by atoms with Crippen molar-refractivity contribution in [1.29, 1.82) is 0 Å². The summed E-state index contributed by atoms with van der Waals surface area (Å²) in [7, 11) is 0. The molecule has 4 heteroatoms. The standard InChI is InChI=1S/C20H14F2N2/c21-19-11-10-16(20(22)23-19)17-13-24(12-14-6-2-1-3-7-14)18-9-5-4-8-15(17)18/h1-11,13H,12H2. The van der Waals surface area contributed by atoms with Crippen LogP contribution in [0.1, 0.15) is 5.56 Å². The molecule has 0 aliphatic carbocycles. The van der Waals surface area contributed by atoms with Gasteiger partial charge in [-0.3, -0.25) is 0 Å². The first kappa shape index (κ1) is 14.6. The van der Waals surface area contributed by atoms with Crippen molar-refractivity contribution in [2.24, 2.45) is 0 Å². The van der Waals surface area contributed by atoms with Gasteiger partial charge in [-0.05, 0) is 23.8 Å². The van der Waals surface area contributed by atoms with Gasteiger partial charge in [0.1, 0.15) is 0 Å². The number of aromatic nitrogens is 2. The first-order valence-corrected chi connectivity index (χ1v) is 7.66. The molecule has 0 aliphatic heterocycles. The molecule has 118 valence electrons. The number of pyridine rings is 1. The lowest BCUT2D eigenvalue weighted by Crippen LogP contribution is -1.97. The van der Waals surface area contributed by atoms with E-state index in [1.54, 1.807) is 0 Å². The molecule has 0 bridgehead atoms. The molecule has 0 unspecified atom stereocenters. The average Bonchev–Trinajstić information content (AvgIpc) is 2.95. The Bertz CT molecular complexity index is 1010. The van der Waals surface area contributed by atoms with Gasteiger partial charge in [0.05, 0.1) is 0 Å². The topological polar surface area (TPSA) is 17.8 Å². The van der Waals surface area contributed by atoms with Gasteiger partial charge in [-0.1, -0.05) is 48.5 Å². The molecule has 2 nitrogen and oxygen atoms in total. The van der Waals surface area contributed by atoms with Crippen LogP contribution in [0.15, 0.2) is 72.9 Å². The Kier molecular flexibility index (Phi) is 3.58. The van der Waals surface area contributed by atoms with E-state index in [4.69, 9.17) is 0 Å². The molecule has 0 amide bonds. The molecule has 2 aromatic carbocycles. The zero-order valence-electron chi connectivity index (χ0n) is 12.8. The number of rotatable bonds is 3. The van der Waals surface area contributed by atoms with Crippen LogP contribution in [0.4, 0.5) is 8.78 Å². The Morgan fingerprint density at radius 3 is 2.33 bits per heavy atom. The van der Waals surface area contributed by atoms with Crippen molar-refractivity contribution in [3.8, 4) is 11.1 Å². The van der Waals surface area contributed by atoms with Crippen molar-refractivity contribution < 1.29 is 8.78 Å². The van der Waals surface area contributed by atoms with Crippen LogP contribution in [0.25, 0.3) is 22.0 Å². The molecule has 0 aliphatic rings. The van der Waals surface area contributed by atoms with Gasteiger partial charge in [-0.2, -0.15) is 13.8 Å². The van der Waals surface area contributed by atoms with Gasteiger partial charge in [0.15, 0.2) is 0 Å². The lowest BCUT2D eigenvalue weighted by Gasteiger charge is -2.05. The molecule has 0 radical (unpaired) electrons. The van der Waals surface area contributed by atoms with Gasteiger partial charge in [0.2, 0.25) is 11.9 Å². The molecule has 0 saturated heterocycles. The molecule has 24 heavy (non-hydrogen) atoms. The van der Waals surface area contributed by atoms with Crippen LogP contribution in [0.3, 0.4) is 0 Å². The monoisotopic (exact) mass is 320 g/mol. The van der Waals surface area contributed by atoms with Crippen LogP contribution < -0.4 is 0 Å². The summed E-state index contributed by atoms with van der Waals surface area (Å²) in [5, 5.41) is 0.917. The van der Waals surface area contributed by atoms with E-state index in [1.165, 1.54) is 12.1 Å². The average molecular weight is 320 g/mol. The normalized spacial score (nSPS) is 11.1. The van der Waals surface area contributed by atoms with Crippen LogP contribution in [-0.4, -0.2) is 9.55 Å². The number of fused-ring (bicyclic) bond motifs is 1. The summed E-state index contributed by atoms with van der Waals surface area (Å²) in [5.41, 5.74) is 3.17. The van der Waals surface area contributed by atoms with Gasteiger partial charge in [-0.15, -0.1) is 0 Å². The van der Waals surface area contributed by atoms with E-state index in [9.17, 15) is 8.78 Å². The Morgan fingerprint density at radius 2 is 1.54 bits per heavy atom. The Hall–Kier alpha value is -3.01. The van der Waals surface area contributed by atoms with Gasteiger partial charge >= 0.3 is 0 Å². The van der Waals surface area contributed by atoms with Gasteiger partial charge < -0.3 is 4.57 Å². The predicted octanol–water partition coefficient (Wildman–Crippen LogP) is 5.03. The summed E-state index contributed by atoms with van der Waals surface area (Å²) in [4.78, 5) is 3.31. The van der Waals surface area contributed by atoms with Crippen molar-refractivity contribution in [2.75, 3.05) is 0 Å². The molecule has 4 rings (SSSR count). The van der Waals surface area contributed by atoms with E-state index >= 15 is 0 Å². The molecule has 2 heterocycles. The van der Waals surface area contributed by atoms with Crippen molar-refractivity contribution in [1.82, 2.24) is 9.55 Å². The summed E-state index contributed by atoms with van der Waals surface area (Å²) in [6.45, 7) is 0.678. The van der Waals surface area contributed by atoms with E-state index < -0.39 is 11.9 Å². The Balaban J connectivity index is 1.88. The lowest BCUT2D eigenvalue weighted by molar-refractivity contribution is 0.515. The molecule has 0 N–H and O–H groups in total. The first-order chi connectivity index (χ1) is 11.7. The van der Waals surface area contributed by atoms with Crippen LogP contribution in [0.5, 0.6) is 0 Å². The molecule has 4 aromatic rings. The minimum atomic E-state index is -0.815. The molecule has 0 spiro atoms. The van der Waals surface area contributed by atoms with Crippen LogP contribution >= 0.6 is 0 Å². The quantitative estimate of drug-likeness (QED) is 0.484. The lowest BCUT2D eigenvalue weighted by atomic mass is 10.1. The molecule has 2 aromatic heterocycles. The third kappa shape index (κ3) is 2.56. The fourth-order valence-corrected chi connectivity index (χ4v) is 2.99. The van der Waals surface area contributed by atoms with Crippen molar-refractivity contribution in [3.63, 3.8) is 0 Å². The van der Waals surface area contributed by atoms with Gasteiger partial charge in [-0.25, -0.2) is 0 Å². The largest absolute Gasteiger partial charge is 0.342 e. The highest BCUT2D eigenvalue weighted by Gasteiger charge is 2.15. The van der Waals surface area contributed by atoms with Crippen molar-refractivity contribution >= 4 is 10.9 Å². The maximum atomic E-state index is 14.1. The first-order valence-electron chi connectivity index (χ1n) is 7.66. The predicted molar refractivity (Wildman–Crippen MR) is 90.6 cm³/mol. The highest BCUT2D eigenvalue weighted by atomic mass is 19.1.